The molecular formula is C11H9BrFNO2. The predicted octanol–water partition coefficient (Wildman–Crippen LogP) is 3.04. The van der Waals surface area contributed by atoms with Gasteiger partial charge in [0.2, 0.25) is 0 Å². The molecule has 0 aliphatic rings. The van der Waals surface area contributed by atoms with Gasteiger partial charge < -0.3 is 9.63 Å². The fourth-order valence-corrected chi connectivity index (χ4v) is 1.99. The zero-order valence-corrected chi connectivity index (χ0v) is 10.1. The Morgan fingerprint density at radius 2 is 2.25 bits per heavy atom. The molecule has 1 N–H and O–H groups in total. The molecule has 0 radical (unpaired) electrons. The first-order valence-corrected chi connectivity index (χ1v) is 5.44. The van der Waals surface area contributed by atoms with Gasteiger partial charge in [-0.05, 0) is 41.1 Å². The largest absolute Gasteiger partial charge is 0.391 e. The summed E-state index contributed by atoms with van der Waals surface area (Å²) in [5, 5.41) is 13.0. The van der Waals surface area contributed by atoms with Crippen LogP contribution in [0, 0.1) is 12.7 Å². The molecule has 16 heavy (non-hydrogen) atoms. The molecule has 0 bridgehead atoms. The van der Waals surface area contributed by atoms with Crippen LogP contribution in [0.15, 0.2) is 27.2 Å². The maximum Gasteiger partial charge on any atom is 0.173 e. The first-order valence-electron chi connectivity index (χ1n) is 4.65. The van der Waals surface area contributed by atoms with E-state index in [1.807, 2.05) is 0 Å². The van der Waals surface area contributed by atoms with Gasteiger partial charge in [0, 0.05) is 15.6 Å². The number of benzene rings is 1. The van der Waals surface area contributed by atoms with Crippen molar-refractivity contribution in [1.82, 2.24) is 5.16 Å². The average molecular weight is 286 g/mol. The van der Waals surface area contributed by atoms with Crippen LogP contribution < -0.4 is 0 Å². The Balaban J connectivity index is 2.58. The second kappa shape index (κ2) is 4.35. The molecule has 0 amide bonds. The topological polar surface area (TPSA) is 46.3 Å². The van der Waals surface area contributed by atoms with Crippen molar-refractivity contribution >= 4 is 15.9 Å². The van der Waals surface area contributed by atoms with Crippen molar-refractivity contribution < 1.29 is 14.0 Å². The van der Waals surface area contributed by atoms with Gasteiger partial charge in [-0.1, -0.05) is 5.16 Å². The van der Waals surface area contributed by atoms with Crippen LogP contribution in [0.5, 0.6) is 0 Å². The molecule has 0 saturated carbocycles. The van der Waals surface area contributed by atoms with E-state index in [1.165, 1.54) is 12.1 Å². The summed E-state index contributed by atoms with van der Waals surface area (Å²) in [5.74, 6) is 0.129. The lowest BCUT2D eigenvalue weighted by molar-refractivity contribution is 0.281. The Labute approximate surface area is 100 Å². The van der Waals surface area contributed by atoms with Crippen LogP contribution >= 0.6 is 15.9 Å². The lowest BCUT2D eigenvalue weighted by Crippen LogP contribution is -1.88. The SMILES string of the molecule is Cc1noc(-c2ccc(F)cc2Br)c1CO. The minimum atomic E-state index is -0.336. The van der Waals surface area contributed by atoms with Crippen LogP contribution in [0.1, 0.15) is 11.3 Å². The molecule has 3 nitrogen and oxygen atoms in total. The van der Waals surface area contributed by atoms with Crippen molar-refractivity contribution in [2.24, 2.45) is 0 Å². The molecule has 2 rings (SSSR count). The number of rotatable bonds is 2. The summed E-state index contributed by atoms with van der Waals surface area (Å²) >= 11 is 3.25. The second-order valence-corrected chi connectivity index (χ2v) is 4.21. The molecule has 1 heterocycles. The van der Waals surface area contributed by atoms with Crippen molar-refractivity contribution in [3.8, 4) is 11.3 Å². The first-order chi connectivity index (χ1) is 7.63. The molecule has 1 aromatic carbocycles. The van der Waals surface area contributed by atoms with Gasteiger partial charge in [0.1, 0.15) is 5.82 Å². The Morgan fingerprint density at radius 3 is 2.88 bits per heavy atom. The van der Waals surface area contributed by atoms with Gasteiger partial charge >= 0.3 is 0 Å². The standard InChI is InChI=1S/C11H9BrFNO2/c1-6-9(5-15)11(16-14-6)8-3-2-7(13)4-10(8)12/h2-4,15H,5H2,1H3. The summed E-state index contributed by atoms with van der Waals surface area (Å²) in [6.07, 6.45) is 0. The maximum absolute atomic E-state index is 12.9. The number of halogens is 2. The molecule has 2 aromatic rings. The van der Waals surface area contributed by atoms with E-state index in [0.717, 1.165) is 0 Å². The number of hydrogen-bond acceptors (Lipinski definition) is 3. The molecular weight excluding hydrogens is 277 g/mol. The summed E-state index contributed by atoms with van der Waals surface area (Å²) in [5.41, 5.74) is 1.92. The molecule has 1 aromatic heterocycles. The molecule has 0 unspecified atom stereocenters. The van der Waals surface area contributed by atoms with Crippen LogP contribution in [-0.4, -0.2) is 10.3 Å². The predicted molar refractivity (Wildman–Crippen MR) is 60.3 cm³/mol. The number of aryl methyl sites for hydroxylation is 1. The lowest BCUT2D eigenvalue weighted by atomic mass is 10.1. The highest BCUT2D eigenvalue weighted by atomic mass is 79.9. The highest BCUT2D eigenvalue weighted by molar-refractivity contribution is 9.10. The highest BCUT2D eigenvalue weighted by Crippen LogP contribution is 2.32. The zero-order chi connectivity index (χ0) is 11.7. The minimum Gasteiger partial charge on any atom is -0.391 e. The van der Waals surface area contributed by atoms with Gasteiger partial charge in [-0.15, -0.1) is 0 Å². The normalized spacial score (nSPS) is 10.8. The number of hydrogen-bond donors (Lipinski definition) is 1. The summed E-state index contributed by atoms with van der Waals surface area (Å²) in [6.45, 7) is 1.59. The molecule has 0 fully saturated rings. The summed E-state index contributed by atoms with van der Waals surface area (Å²) < 4.78 is 18.6. The van der Waals surface area contributed by atoms with Gasteiger partial charge in [0.15, 0.2) is 5.76 Å². The average Bonchev–Trinajstić information content (AvgIpc) is 2.59. The smallest absolute Gasteiger partial charge is 0.173 e. The van der Waals surface area contributed by atoms with Crippen molar-refractivity contribution in [2.75, 3.05) is 0 Å². The maximum atomic E-state index is 12.9. The summed E-state index contributed by atoms with van der Waals surface area (Å²) in [4.78, 5) is 0. The molecule has 0 saturated heterocycles. The van der Waals surface area contributed by atoms with Gasteiger partial charge in [-0.2, -0.15) is 0 Å². The molecule has 0 atom stereocenters. The second-order valence-electron chi connectivity index (χ2n) is 3.36. The Morgan fingerprint density at radius 1 is 1.50 bits per heavy atom. The van der Waals surface area contributed by atoms with Crippen molar-refractivity contribution in [2.45, 2.75) is 13.5 Å². The van der Waals surface area contributed by atoms with E-state index in [4.69, 9.17) is 4.52 Å². The Hall–Kier alpha value is -1.20. The highest BCUT2D eigenvalue weighted by Gasteiger charge is 2.16. The molecule has 0 spiro atoms. The summed E-state index contributed by atoms with van der Waals surface area (Å²) in [7, 11) is 0. The lowest BCUT2D eigenvalue weighted by Gasteiger charge is -2.02. The third kappa shape index (κ3) is 1.88. The van der Waals surface area contributed by atoms with Crippen LogP contribution in [0.3, 0.4) is 0 Å². The van der Waals surface area contributed by atoms with Crippen LogP contribution in [0.2, 0.25) is 0 Å². The van der Waals surface area contributed by atoms with Crippen molar-refractivity contribution in [1.29, 1.82) is 0 Å². The van der Waals surface area contributed by atoms with E-state index in [1.54, 1.807) is 13.0 Å². The van der Waals surface area contributed by atoms with E-state index in [2.05, 4.69) is 21.1 Å². The van der Waals surface area contributed by atoms with E-state index in [-0.39, 0.29) is 12.4 Å². The molecule has 84 valence electrons. The van der Waals surface area contributed by atoms with Crippen LogP contribution in [0.4, 0.5) is 4.39 Å². The third-order valence-electron chi connectivity index (χ3n) is 2.32. The quantitative estimate of drug-likeness (QED) is 0.923. The van der Waals surface area contributed by atoms with E-state index in [0.29, 0.717) is 27.1 Å². The monoisotopic (exact) mass is 285 g/mol. The van der Waals surface area contributed by atoms with Crippen LogP contribution in [0.25, 0.3) is 11.3 Å². The fourth-order valence-electron chi connectivity index (χ4n) is 1.46. The first kappa shape index (κ1) is 11.3. The third-order valence-corrected chi connectivity index (χ3v) is 2.97. The Bertz CT molecular complexity index is 525. The van der Waals surface area contributed by atoms with E-state index in [9.17, 15) is 9.50 Å². The number of aliphatic hydroxyl groups excluding tert-OH is 1. The number of aromatic nitrogens is 1. The van der Waals surface area contributed by atoms with Crippen molar-refractivity contribution in [3.63, 3.8) is 0 Å². The summed E-state index contributed by atoms with van der Waals surface area (Å²) in [6, 6.07) is 4.26. The van der Waals surface area contributed by atoms with Crippen LogP contribution in [-0.2, 0) is 6.61 Å². The molecule has 0 aliphatic heterocycles. The minimum absolute atomic E-state index is 0.158. The van der Waals surface area contributed by atoms with Gasteiger partial charge in [0.05, 0.1) is 12.3 Å². The fraction of sp³-hybridized carbons (Fsp3) is 0.182. The van der Waals surface area contributed by atoms with E-state index >= 15 is 0 Å². The van der Waals surface area contributed by atoms with Crippen molar-refractivity contribution in [3.05, 3.63) is 39.7 Å². The zero-order valence-electron chi connectivity index (χ0n) is 8.50. The Kier molecular flexibility index (Phi) is 3.07. The van der Waals surface area contributed by atoms with Gasteiger partial charge in [-0.25, -0.2) is 4.39 Å². The van der Waals surface area contributed by atoms with E-state index < -0.39 is 0 Å². The number of aliphatic hydroxyl groups is 1. The molecule has 0 aliphatic carbocycles. The van der Waals surface area contributed by atoms with Gasteiger partial charge in [0.25, 0.3) is 0 Å². The number of nitrogens with zero attached hydrogens (tertiary/aromatic N) is 1. The molecule has 5 heteroatoms. The van der Waals surface area contributed by atoms with Gasteiger partial charge in [-0.3, -0.25) is 0 Å².